The van der Waals surface area contributed by atoms with Gasteiger partial charge in [0, 0.05) is 21.3 Å². The first-order valence-corrected chi connectivity index (χ1v) is 12.0. The fourth-order valence-corrected chi connectivity index (χ4v) is 4.60. The number of H-pyrrole nitrogens is 1. The van der Waals surface area contributed by atoms with E-state index in [9.17, 15) is 4.79 Å². The summed E-state index contributed by atoms with van der Waals surface area (Å²) in [6, 6.07) is 23.1. The molecule has 34 heavy (non-hydrogen) atoms. The fraction of sp³-hybridized carbons (Fsp3) is 0.185. The summed E-state index contributed by atoms with van der Waals surface area (Å²) in [6.07, 6.45) is 0. The maximum atomic E-state index is 13.6. The van der Waals surface area contributed by atoms with Crippen LogP contribution >= 0.6 is 15.9 Å². The largest absolute Gasteiger partial charge is 0.494 e. The molecule has 0 spiro atoms. The van der Waals surface area contributed by atoms with Gasteiger partial charge in [-0.2, -0.15) is 5.10 Å². The van der Waals surface area contributed by atoms with Gasteiger partial charge in [0.25, 0.3) is 5.91 Å². The Labute approximate surface area is 206 Å². The van der Waals surface area contributed by atoms with Crippen LogP contribution in [0.1, 0.15) is 41.5 Å². The summed E-state index contributed by atoms with van der Waals surface area (Å²) in [7, 11) is 0. The third-order valence-electron chi connectivity index (χ3n) is 5.82. The lowest BCUT2D eigenvalue weighted by Gasteiger charge is -2.26. The molecule has 5 rings (SSSR count). The minimum absolute atomic E-state index is 0.110. The molecule has 1 aliphatic heterocycles. The lowest BCUT2D eigenvalue weighted by molar-refractivity contribution is 0.0989. The smallest absolute Gasteiger partial charge is 0.277 e. The van der Waals surface area contributed by atoms with Gasteiger partial charge in [-0.1, -0.05) is 28.1 Å². The van der Waals surface area contributed by atoms with Crippen LogP contribution in [0.2, 0.25) is 0 Å². The van der Waals surface area contributed by atoms with Crippen LogP contribution in [0.15, 0.2) is 77.3 Å². The van der Waals surface area contributed by atoms with Crippen LogP contribution < -0.4 is 14.4 Å². The number of rotatable bonds is 7. The van der Waals surface area contributed by atoms with Crippen LogP contribution in [0.3, 0.4) is 0 Å². The minimum atomic E-state index is -0.334. The molecule has 1 atom stereocenters. The topological polar surface area (TPSA) is 67.5 Å². The maximum absolute atomic E-state index is 13.6. The van der Waals surface area contributed by atoms with Gasteiger partial charge in [-0.3, -0.25) is 14.8 Å². The van der Waals surface area contributed by atoms with Gasteiger partial charge in [-0.05, 0) is 80.1 Å². The van der Waals surface area contributed by atoms with Crippen LogP contribution in [0, 0.1) is 0 Å². The van der Waals surface area contributed by atoms with Crippen molar-refractivity contribution in [3.8, 4) is 22.8 Å². The van der Waals surface area contributed by atoms with Crippen LogP contribution in [-0.2, 0) is 0 Å². The van der Waals surface area contributed by atoms with Crippen LogP contribution in [-0.4, -0.2) is 29.3 Å². The molecule has 6 nitrogen and oxygen atoms in total. The summed E-state index contributed by atoms with van der Waals surface area (Å²) in [5, 5.41) is 7.56. The third-order valence-corrected chi connectivity index (χ3v) is 6.35. The number of aromatic nitrogens is 2. The van der Waals surface area contributed by atoms with E-state index in [1.807, 2.05) is 91.5 Å². The number of amides is 1. The van der Waals surface area contributed by atoms with Gasteiger partial charge in [0.2, 0.25) is 0 Å². The predicted molar refractivity (Wildman–Crippen MR) is 136 cm³/mol. The molecule has 3 aromatic carbocycles. The summed E-state index contributed by atoms with van der Waals surface area (Å²) in [5.41, 5.74) is 4.83. The Balaban J connectivity index is 1.63. The molecule has 0 unspecified atom stereocenters. The van der Waals surface area contributed by atoms with Gasteiger partial charge >= 0.3 is 0 Å². The summed E-state index contributed by atoms with van der Waals surface area (Å²) >= 11 is 3.49. The zero-order valence-electron chi connectivity index (χ0n) is 18.9. The molecule has 0 aliphatic carbocycles. The van der Waals surface area contributed by atoms with E-state index in [0.29, 0.717) is 18.9 Å². The SMILES string of the molecule is CCOc1ccc(-c2n[nH]c3c2[C@H](c2ccc(OCC)cc2)N(c2ccc(Br)cc2)C3=O)cc1. The van der Waals surface area contributed by atoms with Gasteiger partial charge in [0.15, 0.2) is 0 Å². The van der Waals surface area contributed by atoms with Crippen LogP contribution in [0.4, 0.5) is 5.69 Å². The molecule has 0 saturated heterocycles. The highest BCUT2D eigenvalue weighted by atomic mass is 79.9. The number of anilines is 1. The third kappa shape index (κ3) is 3.96. The fourth-order valence-electron chi connectivity index (χ4n) is 4.34. The Bertz CT molecular complexity index is 1300. The minimum Gasteiger partial charge on any atom is -0.494 e. The van der Waals surface area contributed by atoms with E-state index in [1.54, 1.807) is 0 Å². The molecule has 0 fully saturated rings. The van der Waals surface area contributed by atoms with Crippen molar-refractivity contribution in [1.82, 2.24) is 10.2 Å². The van der Waals surface area contributed by atoms with Crippen molar-refractivity contribution in [2.75, 3.05) is 18.1 Å². The number of hydrogen-bond acceptors (Lipinski definition) is 4. The van der Waals surface area contributed by atoms with Gasteiger partial charge < -0.3 is 9.47 Å². The molecule has 2 heterocycles. The molecule has 1 aromatic heterocycles. The Morgan fingerprint density at radius 3 is 2.06 bits per heavy atom. The zero-order chi connectivity index (χ0) is 23.7. The van der Waals surface area contributed by atoms with E-state index < -0.39 is 0 Å². The van der Waals surface area contributed by atoms with Crippen molar-refractivity contribution in [2.24, 2.45) is 0 Å². The lowest BCUT2D eigenvalue weighted by atomic mass is 9.95. The second-order valence-corrected chi connectivity index (χ2v) is 8.79. The molecule has 0 saturated carbocycles. The van der Waals surface area contributed by atoms with Crippen molar-refractivity contribution in [1.29, 1.82) is 0 Å². The van der Waals surface area contributed by atoms with Gasteiger partial charge in [0.1, 0.15) is 17.2 Å². The Kier molecular flexibility index (Phi) is 6.11. The number of ether oxygens (including phenoxy) is 2. The van der Waals surface area contributed by atoms with Crippen LogP contribution in [0.5, 0.6) is 11.5 Å². The number of nitrogens with zero attached hydrogens (tertiary/aromatic N) is 2. The monoisotopic (exact) mass is 517 g/mol. The second kappa shape index (κ2) is 9.35. The highest BCUT2D eigenvalue weighted by molar-refractivity contribution is 9.10. The quantitative estimate of drug-likeness (QED) is 0.308. The Morgan fingerprint density at radius 1 is 0.882 bits per heavy atom. The standard InChI is InChI=1S/C27H24BrN3O3/c1-3-33-21-13-5-17(6-14-21)24-23-25(30-29-24)27(32)31(20-11-9-19(28)10-12-20)26(23)18-7-15-22(16-8-18)34-4-2/h5-16,26H,3-4H2,1-2H3,(H,29,30)/t26-/m0/s1. The summed E-state index contributed by atoms with van der Waals surface area (Å²) < 4.78 is 12.2. The lowest BCUT2D eigenvalue weighted by Crippen LogP contribution is -2.29. The number of aromatic amines is 1. The van der Waals surface area contributed by atoms with E-state index >= 15 is 0 Å². The van der Waals surface area contributed by atoms with E-state index in [4.69, 9.17) is 9.47 Å². The number of carbonyl (C=O) groups excluding carboxylic acids is 1. The molecule has 7 heteroatoms. The average molecular weight is 518 g/mol. The highest BCUT2D eigenvalue weighted by Gasteiger charge is 2.43. The summed E-state index contributed by atoms with van der Waals surface area (Å²) in [5.74, 6) is 1.49. The van der Waals surface area contributed by atoms with Crippen molar-refractivity contribution in [3.63, 3.8) is 0 Å². The van der Waals surface area contributed by atoms with E-state index in [1.165, 1.54) is 0 Å². The van der Waals surface area contributed by atoms with Crippen molar-refractivity contribution in [3.05, 3.63) is 94.1 Å². The number of nitrogens with one attached hydrogen (secondary N) is 1. The first-order chi connectivity index (χ1) is 16.6. The van der Waals surface area contributed by atoms with Crippen LogP contribution in [0.25, 0.3) is 11.3 Å². The molecule has 0 radical (unpaired) electrons. The molecule has 172 valence electrons. The molecule has 4 aromatic rings. The van der Waals surface area contributed by atoms with E-state index in [0.717, 1.165) is 44.0 Å². The van der Waals surface area contributed by atoms with E-state index in [2.05, 4.69) is 26.1 Å². The second-order valence-electron chi connectivity index (χ2n) is 7.87. The van der Waals surface area contributed by atoms with Crippen molar-refractivity contribution in [2.45, 2.75) is 19.9 Å². The molecule has 0 bridgehead atoms. The summed E-state index contributed by atoms with van der Waals surface area (Å²) in [6.45, 7) is 5.12. The highest BCUT2D eigenvalue weighted by Crippen LogP contribution is 2.45. The first-order valence-electron chi connectivity index (χ1n) is 11.2. The molecular formula is C27H24BrN3O3. The molecule has 1 amide bonds. The number of benzene rings is 3. The molecular weight excluding hydrogens is 494 g/mol. The number of carbonyl (C=O) groups is 1. The predicted octanol–water partition coefficient (Wildman–Crippen LogP) is 6.39. The van der Waals surface area contributed by atoms with Gasteiger partial charge in [0.05, 0.1) is 24.9 Å². The zero-order valence-corrected chi connectivity index (χ0v) is 20.5. The van der Waals surface area contributed by atoms with Crippen molar-refractivity contribution < 1.29 is 14.3 Å². The summed E-state index contributed by atoms with van der Waals surface area (Å²) in [4.78, 5) is 15.4. The number of fused-ring (bicyclic) bond motifs is 1. The number of halogens is 1. The Hall–Kier alpha value is -3.58. The molecule has 1 N–H and O–H groups in total. The maximum Gasteiger partial charge on any atom is 0.277 e. The van der Waals surface area contributed by atoms with Gasteiger partial charge in [-0.25, -0.2) is 0 Å². The Morgan fingerprint density at radius 2 is 1.47 bits per heavy atom. The van der Waals surface area contributed by atoms with E-state index in [-0.39, 0.29) is 11.9 Å². The normalized spacial score (nSPS) is 14.9. The van der Waals surface area contributed by atoms with Crippen molar-refractivity contribution >= 4 is 27.5 Å². The average Bonchev–Trinajstić information content (AvgIpc) is 3.40. The number of hydrogen-bond donors (Lipinski definition) is 1. The van der Waals surface area contributed by atoms with Gasteiger partial charge in [-0.15, -0.1) is 0 Å². The molecule has 1 aliphatic rings. The first kappa shape index (κ1) is 22.2.